The fraction of sp³-hybridized carbons (Fsp3) is 0.222. The molecule has 12 heteroatoms. The second kappa shape index (κ2) is 11.0. The van der Waals surface area contributed by atoms with Crippen LogP contribution < -0.4 is 23.8 Å². The first-order chi connectivity index (χ1) is 18.7. The smallest absolute Gasteiger partial charge is 0.271 e. The molecular formula is C27H26N2O9S. The molecule has 1 aliphatic heterocycles. The zero-order valence-electron chi connectivity index (χ0n) is 21.6. The van der Waals surface area contributed by atoms with Crippen LogP contribution in [0.4, 0.5) is 11.4 Å². The lowest BCUT2D eigenvalue weighted by Crippen LogP contribution is -2.29. The summed E-state index contributed by atoms with van der Waals surface area (Å²) >= 11 is 0. The van der Waals surface area contributed by atoms with Crippen molar-refractivity contribution in [3.05, 3.63) is 86.8 Å². The summed E-state index contributed by atoms with van der Waals surface area (Å²) in [6.07, 6.45) is 1.22. The van der Waals surface area contributed by atoms with E-state index in [0.717, 1.165) is 11.0 Å². The van der Waals surface area contributed by atoms with E-state index in [1.807, 2.05) is 6.92 Å². The molecule has 11 nitrogen and oxygen atoms in total. The largest absolute Gasteiger partial charge is 0.494 e. The average Bonchev–Trinajstić information content (AvgIpc) is 3.13. The van der Waals surface area contributed by atoms with Crippen molar-refractivity contribution < 1.29 is 37.1 Å². The highest BCUT2D eigenvalue weighted by molar-refractivity contribution is 7.97. The van der Waals surface area contributed by atoms with Crippen molar-refractivity contribution in [1.29, 1.82) is 0 Å². The van der Waals surface area contributed by atoms with Gasteiger partial charge >= 0.3 is 0 Å². The van der Waals surface area contributed by atoms with E-state index in [4.69, 9.17) is 18.9 Å². The molecule has 0 radical (unpaired) electrons. The quantitative estimate of drug-likeness (QED) is 0.212. The van der Waals surface area contributed by atoms with Crippen LogP contribution in [-0.2, 0) is 14.6 Å². The lowest BCUT2D eigenvalue weighted by Gasteiger charge is -2.23. The number of anilines is 1. The summed E-state index contributed by atoms with van der Waals surface area (Å²) in [6.45, 7) is 2.25. The number of nitro benzene ring substituents is 1. The van der Waals surface area contributed by atoms with Gasteiger partial charge in [0.1, 0.15) is 10.7 Å². The minimum atomic E-state index is -4.37. The summed E-state index contributed by atoms with van der Waals surface area (Å²) in [7, 11) is -0.111. The summed E-state index contributed by atoms with van der Waals surface area (Å²) in [6, 6.07) is 14.6. The number of nitro groups is 1. The Labute approximate surface area is 225 Å². The van der Waals surface area contributed by atoms with Gasteiger partial charge in [0.15, 0.2) is 16.9 Å². The van der Waals surface area contributed by atoms with Gasteiger partial charge in [-0.05, 0) is 60.5 Å². The molecule has 1 fully saturated rings. The van der Waals surface area contributed by atoms with Gasteiger partial charge in [-0.25, -0.2) is 8.42 Å². The third-order valence-corrected chi connectivity index (χ3v) is 8.02. The van der Waals surface area contributed by atoms with E-state index in [1.165, 1.54) is 57.7 Å². The molecule has 1 aliphatic rings. The Balaban J connectivity index is 1.92. The average molecular weight is 555 g/mol. The Morgan fingerprint density at radius 1 is 0.974 bits per heavy atom. The van der Waals surface area contributed by atoms with Crippen LogP contribution in [0.3, 0.4) is 0 Å². The van der Waals surface area contributed by atoms with Crippen LogP contribution in [0.1, 0.15) is 23.4 Å². The van der Waals surface area contributed by atoms with Crippen molar-refractivity contribution in [2.45, 2.75) is 12.3 Å². The molecule has 1 atom stereocenters. The molecule has 0 unspecified atom stereocenters. The van der Waals surface area contributed by atoms with E-state index in [2.05, 4.69) is 0 Å². The Morgan fingerprint density at radius 3 is 2.15 bits per heavy atom. The van der Waals surface area contributed by atoms with E-state index < -0.39 is 30.9 Å². The van der Waals surface area contributed by atoms with Gasteiger partial charge in [-0.2, -0.15) is 0 Å². The maximum atomic E-state index is 14.0. The first-order valence-electron chi connectivity index (χ1n) is 11.7. The Hall–Kier alpha value is -4.58. The highest BCUT2D eigenvalue weighted by atomic mass is 32.2. The molecule has 0 saturated carbocycles. The van der Waals surface area contributed by atoms with Crippen LogP contribution in [0.25, 0.3) is 6.08 Å². The van der Waals surface area contributed by atoms with E-state index in [0.29, 0.717) is 23.7 Å². The molecule has 204 valence electrons. The number of ether oxygens (including phenoxy) is 4. The number of methoxy groups -OCH3 is 3. The molecule has 0 spiro atoms. The standard InChI is InChI=1S/C27H26N2O9S/c1-5-38-21-11-9-19(10-12-21)28-26(30)24(15-17-13-22(35-2)25(37-4)23(14-17)36-3)39(33,34)27(28)18-7-6-8-20(16-18)29(31)32/h6-16,27H,5H2,1-4H3/b24-15+/t27-/m0/s1. The van der Waals surface area contributed by atoms with Gasteiger partial charge in [0.2, 0.25) is 15.6 Å². The van der Waals surface area contributed by atoms with E-state index >= 15 is 0 Å². The molecule has 39 heavy (non-hydrogen) atoms. The molecule has 3 aromatic carbocycles. The summed E-state index contributed by atoms with van der Waals surface area (Å²) in [5, 5.41) is 9.89. The van der Waals surface area contributed by atoms with E-state index in [-0.39, 0.29) is 28.4 Å². The van der Waals surface area contributed by atoms with Crippen LogP contribution in [-0.4, -0.2) is 47.2 Å². The molecule has 0 aromatic heterocycles. The number of carbonyl (C=O) groups excluding carboxylic acids is 1. The normalized spacial score (nSPS) is 17.2. The fourth-order valence-electron chi connectivity index (χ4n) is 4.33. The molecule has 1 saturated heterocycles. The first-order valence-corrected chi connectivity index (χ1v) is 13.3. The highest BCUT2D eigenvalue weighted by Gasteiger charge is 2.50. The number of hydrogen-bond donors (Lipinski definition) is 0. The molecular weight excluding hydrogens is 528 g/mol. The number of rotatable bonds is 9. The van der Waals surface area contributed by atoms with Crippen molar-refractivity contribution >= 4 is 33.2 Å². The lowest BCUT2D eigenvalue weighted by molar-refractivity contribution is -0.384. The summed E-state index contributed by atoms with van der Waals surface area (Å²) < 4.78 is 49.4. The fourth-order valence-corrected chi connectivity index (χ4v) is 6.21. The Morgan fingerprint density at radius 2 is 1.62 bits per heavy atom. The molecule has 0 aliphatic carbocycles. The van der Waals surface area contributed by atoms with Crippen LogP contribution in [0.2, 0.25) is 0 Å². The molecule has 3 aromatic rings. The summed E-state index contributed by atoms with van der Waals surface area (Å²) in [4.78, 5) is 25.2. The Kier molecular flexibility index (Phi) is 7.77. The van der Waals surface area contributed by atoms with Gasteiger partial charge in [-0.15, -0.1) is 0 Å². The van der Waals surface area contributed by atoms with Crippen LogP contribution in [0.15, 0.2) is 65.6 Å². The maximum absolute atomic E-state index is 14.0. The second-order valence-electron chi connectivity index (χ2n) is 8.32. The topological polar surface area (TPSA) is 135 Å². The molecule has 0 bridgehead atoms. The maximum Gasteiger partial charge on any atom is 0.271 e. The zero-order chi connectivity index (χ0) is 28.3. The van der Waals surface area contributed by atoms with Gasteiger partial charge in [0.25, 0.3) is 11.6 Å². The van der Waals surface area contributed by atoms with Crippen molar-refractivity contribution in [1.82, 2.24) is 0 Å². The van der Waals surface area contributed by atoms with Crippen molar-refractivity contribution in [2.24, 2.45) is 0 Å². The van der Waals surface area contributed by atoms with Gasteiger partial charge in [-0.3, -0.25) is 19.8 Å². The van der Waals surface area contributed by atoms with Crippen LogP contribution in [0.5, 0.6) is 23.0 Å². The minimum Gasteiger partial charge on any atom is -0.494 e. The Bertz CT molecular complexity index is 1520. The molecule has 1 amide bonds. The number of hydrogen-bond acceptors (Lipinski definition) is 9. The van der Waals surface area contributed by atoms with Gasteiger partial charge in [0, 0.05) is 17.8 Å². The van der Waals surface area contributed by atoms with Crippen LogP contribution in [0, 0.1) is 10.1 Å². The number of amides is 1. The monoisotopic (exact) mass is 554 g/mol. The van der Waals surface area contributed by atoms with Crippen molar-refractivity contribution in [3.8, 4) is 23.0 Å². The number of nitrogens with zero attached hydrogens (tertiary/aromatic N) is 2. The number of carbonyl (C=O) groups is 1. The minimum absolute atomic E-state index is 0.0692. The van der Waals surface area contributed by atoms with Gasteiger partial charge in [-0.1, -0.05) is 12.1 Å². The summed E-state index contributed by atoms with van der Waals surface area (Å²) in [5.74, 6) is 0.573. The highest BCUT2D eigenvalue weighted by Crippen LogP contribution is 2.45. The van der Waals surface area contributed by atoms with Gasteiger partial charge in [0.05, 0.1) is 32.9 Å². The third kappa shape index (κ3) is 5.10. The number of benzene rings is 3. The summed E-state index contributed by atoms with van der Waals surface area (Å²) in [5.41, 5.74) is 0.350. The predicted octanol–water partition coefficient (Wildman–Crippen LogP) is 4.52. The zero-order valence-corrected chi connectivity index (χ0v) is 22.4. The van der Waals surface area contributed by atoms with Crippen molar-refractivity contribution in [2.75, 3.05) is 32.8 Å². The second-order valence-corrected chi connectivity index (χ2v) is 10.3. The first kappa shape index (κ1) is 27.5. The van der Waals surface area contributed by atoms with Crippen LogP contribution >= 0.6 is 0 Å². The number of non-ortho nitro benzene ring substituents is 1. The van der Waals surface area contributed by atoms with Gasteiger partial charge < -0.3 is 18.9 Å². The van der Waals surface area contributed by atoms with Crippen molar-refractivity contribution in [3.63, 3.8) is 0 Å². The molecule has 0 N–H and O–H groups in total. The predicted molar refractivity (Wildman–Crippen MR) is 144 cm³/mol. The lowest BCUT2D eigenvalue weighted by atomic mass is 10.1. The van der Waals surface area contributed by atoms with E-state index in [9.17, 15) is 23.3 Å². The number of sulfone groups is 1. The molecule has 4 rings (SSSR count). The third-order valence-electron chi connectivity index (χ3n) is 6.04. The van der Waals surface area contributed by atoms with E-state index in [1.54, 1.807) is 24.3 Å². The SMILES string of the molecule is CCOc1ccc(N2C(=O)/C(=C\c3cc(OC)c(OC)c(OC)c3)S(=O)(=O)[C@H]2c2cccc([N+](=O)[O-])c2)cc1. The molecule has 1 heterocycles.